The molecule has 11 nitrogen and oxygen atoms in total. The van der Waals surface area contributed by atoms with Crippen LogP contribution in [-0.2, 0) is 6.54 Å². The number of hydrogen-bond acceptors (Lipinski definition) is 9. The predicted octanol–water partition coefficient (Wildman–Crippen LogP) is 2.96. The Kier molecular flexibility index (Phi) is 15.8. The highest BCUT2D eigenvalue weighted by Gasteiger charge is 2.18. The molecular formula is C28H44N4O7. The molecule has 0 aliphatic rings. The summed E-state index contributed by atoms with van der Waals surface area (Å²) in [5.74, 6) is 2.49. The fraction of sp³-hybridized carbons (Fsp3) is 0.500. The zero-order valence-electron chi connectivity index (χ0n) is 24.4. The SMILES string of the molecule is CCOc1cc(C(=O)NC)cc(OCC)c1CNC.CCOc1cc(C(=O)NC)cc(OCC)c1OCNC. The molecule has 2 aromatic rings. The molecule has 2 rings (SSSR count). The molecule has 0 aromatic heterocycles. The standard InChI is InChI=1S/C14H22N2O4.C14H22N2O3/c1-5-18-11-7-10(14(17)16-4)8-12(19-6-2)13(11)20-9-15-3;1-5-18-12-7-10(14(17)16-4)8-13(19-6-2)11(12)9-15-3/h7-8,15H,5-6,9H2,1-4H3,(H,16,17);7-8,15H,5-6,9H2,1-4H3,(H,16,17). The Morgan fingerprint density at radius 1 is 0.590 bits per heavy atom. The van der Waals surface area contributed by atoms with Gasteiger partial charge in [-0.2, -0.15) is 0 Å². The Hall–Kier alpha value is -3.70. The highest BCUT2D eigenvalue weighted by molar-refractivity contribution is 5.95. The smallest absolute Gasteiger partial charge is 0.251 e. The molecule has 4 N–H and O–H groups in total. The van der Waals surface area contributed by atoms with E-state index in [4.69, 9.17) is 23.7 Å². The predicted molar refractivity (Wildman–Crippen MR) is 152 cm³/mol. The molecule has 0 heterocycles. The molecule has 0 fully saturated rings. The van der Waals surface area contributed by atoms with Crippen molar-refractivity contribution in [3.8, 4) is 28.7 Å². The second-order valence-corrected chi connectivity index (χ2v) is 7.82. The van der Waals surface area contributed by atoms with E-state index in [0.29, 0.717) is 79.6 Å². The minimum absolute atomic E-state index is 0.155. The summed E-state index contributed by atoms with van der Waals surface area (Å²) in [6.45, 7) is 10.5. The average Bonchev–Trinajstić information content (AvgIpc) is 2.94. The number of carbonyl (C=O) groups is 2. The van der Waals surface area contributed by atoms with E-state index in [-0.39, 0.29) is 11.8 Å². The molecular weight excluding hydrogens is 504 g/mol. The van der Waals surface area contributed by atoms with Crippen molar-refractivity contribution in [2.24, 2.45) is 0 Å². The summed E-state index contributed by atoms with van der Waals surface area (Å²) in [5.41, 5.74) is 1.93. The van der Waals surface area contributed by atoms with Crippen LogP contribution < -0.4 is 45.0 Å². The van der Waals surface area contributed by atoms with Gasteiger partial charge in [0.2, 0.25) is 5.75 Å². The third-order valence-electron chi connectivity index (χ3n) is 5.08. The van der Waals surface area contributed by atoms with E-state index < -0.39 is 0 Å². The normalized spacial score (nSPS) is 10.1. The van der Waals surface area contributed by atoms with E-state index in [2.05, 4.69) is 21.3 Å². The second kappa shape index (κ2) is 18.5. The lowest BCUT2D eigenvalue weighted by Gasteiger charge is -2.17. The molecule has 218 valence electrons. The summed E-state index contributed by atoms with van der Waals surface area (Å²) in [4.78, 5) is 23.5. The molecule has 0 aliphatic heterocycles. The van der Waals surface area contributed by atoms with Crippen LogP contribution in [0.3, 0.4) is 0 Å². The van der Waals surface area contributed by atoms with Crippen LogP contribution in [0.15, 0.2) is 24.3 Å². The largest absolute Gasteiger partial charge is 0.493 e. The van der Waals surface area contributed by atoms with Gasteiger partial charge in [-0.15, -0.1) is 0 Å². The van der Waals surface area contributed by atoms with Crippen LogP contribution in [0.2, 0.25) is 0 Å². The van der Waals surface area contributed by atoms with E-state index in [9.17, 15) is 9.59 Å². The molecule has 0 bridgehead atoms. The Bertz CT molecular complexity index is 993. The van der Waals surface area contributed by atoms with Gasteiger partial charge in [-0.05, 0) is 66.1 Å². The van der Waals surface area contributed by atoms with Crippen LogP contribution in [-0.4, -0.2) is 73.2 Å². The zero-order chi connectivity index (χ0) is 29.2. The monoisotopic (exact) mass is 548 g/mol. The average molecular weight is 549 g/mol. The highest BCUT2D eigenvalue weighted by atomic mass is 16.5. The number of benzene rings is 2. The summed E-state index contributed by atoms with van der Waals surface area (Å²) >= 11 is 0. The van der Waals surface area contributed by atoms with Gasteiger partial charge in [-0.25, -0.2) is 0 Å². The fourth-order valence-electron chi connectivity index (χ4n) is 3.48. The highest BCUT2D eigenvalue weighted by Crippen LogP contribution is 2.39. The minimum atomic E-state index is -0.202. The van der Waals surface area contributed by atoms with Gasteiger partial charge in [0.1, 0.15) is 18.2 Å². The molecule has 0 aliphatic carbocycles. The quantitative estimate of drug-likeness (QED) is 0.248. The van der Waals surface area contributed by atoms with Crippen LogP contribution in [0.1, 0.15) is 54.0 Å². The number of carbonyl (C=O) groups excluding carboxylic acids is 2. The first-order chi connectivity index (χ1) is 18.8. The van der Waals surface area contributed by atoms with Crippen LogP contribution in [0.5, 0.6) is 28.7 Å². The zero-order valence-corrected chi connectivity index (χ0v) is 24.4. The van der Waals surface area contributed by atoms with Gasteiger partial charge in [0.05, 0.1) is 26.4 Å². The molecule has 0 saturated heterocycles. The van der Waals surface area contributed by atoms with Gasteiger partial charge in [0.15, 0.2) is 11.5 Å². The van der Waals surface area contributed by atoms with Crippen molar-refractivity contribution >= 4 is 11.8 Å². The molecule has 0 radical (unpaired) electrons. The van der Waals surface area contributed by atoms with E-state index in [1.54, 1.807) is 45.4 Å². The maximum absolute atomic E-state index is 11.8. The molecule has 11 heteroatoms. The van der Waals surface area contributed by atoms with Gasteiger partial charge in [-0.1, -0.05) is 0 Å². The fourth-order valence-corrected chi connectivity index (χ4v) is 3.48. The van der Waals surface area contributed by atoms with Gasteiger partial charge in [0, 0.05) is 37.3 Å². The topological polar surface area (TPSA) is 128 Å². The maximum atomic E-state index is 11.8. The lowest BCUT2D eigenvalue weighted by atomic mass is 10.1. The van der Waals surface area contributed by atoms with Crippen LogP contribution >= 0.6 is 0 Å². The van der Waals surface area contributed by atoms with Crippen LogP contribution in [0.25, 0.3) is 0 Å². The number of nitrogens with one attached hydrogen (secondary N) is 4. The summed E-state index contributed by atoms with van der Waals surface area (Å²) in [6, 6.07) is 6.79. The second-order valence-electron chi connectivity index (χ2n) is 7.82. The molecule has 2 aromatic carbocycles. The number of hydrogen-bond donors (Lipinski definition) is 4. The first-order valence-corrected chi connectivity index (χ1v) is 13.1. The van der Waals surface area contributed by atoms with Gasteiger partial charge >= 0.3 is 0 Å². The van der Waals surface area contributed by atoms with Crippen LogP contribution in [0, 0.1) is 0 Å². The lowest BCUT2D eigenvalue weighted by Crippen LogP contribution is -2.19. The summed E-state index contributed by atoms with van der Waals surface area (Å²) in [6.07, 6.45) is 0. The third kappa shape index (κ3) is 10.2. The van der Waals surface area contributed by atoms with E-state index in [0.717, 1.165) is 5.56 Å². The Balaban J connectivity index is 0.000000391. The van der Waals surface area contributed by atoms with E-state index in [1.807, 2.05) is 34.7 Å². The first kappa shape index (κ1) is 33.3. The van der Waals surface area contributed by atoms with Gasteiger partial charge < -0.3 is 39.6 Å². The lowest BCUT2D eigenvalue weighted by molar-refractivity contribution is 0.0954. The molecule has 0 saturated carbocycles. The van der Waals surface area contributed by atoms with Crippen molar-refractivity contribution in [1.82, 2.24) is 21.3 Å². The van der Waals surface area contributed by atoms with Crippen molar-refractivity contribution in [3.05, 3.63) is 41.0 Å². The third-order valence-corrected chi connectivity index (χ3v) is 5.08. The van der Waals surface area contributed by atoms with Crippen molar-refractivity contribution in [2.45, 2.75) is 34.2 Å². The van der Waals surface area contributed by atoms with Crippen LogP contribution in [0.4, 0.5) is 0 Å². The molecule has 0 unspecified atom stereocenters. The van der Waals surface area contributed by atoms with Gasteiger partial charge in [0.25, 0.3) is 11.8 Å². The molecule has 39 heavy (non-hydrogen) atoms. The number of amides is 2. The van der Waals surface area contributed by atoms with Crippen molar-refractivity contribution in [1.29, 1.82) is 0 Å². The Morgan fingerprint density at radius 2 is 0.974 bits per heavy atom. The summed E-state index contributed by atoms with van der Waals surface area (Å²) in [5, 5.41) is 11.2. The van der Waals surface area contributed by atoms with Crippen molar-refractivity contribution in [2.75, 3.05) is 61.3 Å². The maximum Gasteiger partial charge on any atom is 0.251 e. The van der Waals surface area contributed by atoms with Gasteiger partial charge in [-0.3, -0.25) is 14.9 Å². The molecule has 0 atom stereocenters. The summed E-state index contributed by atoms with van der Waals surface area (Å²) < 4.78 is 27.9. The van der Waals surface area contributed by atoms with E-state index >= 15 is 0 Å². The molecule has 2 amide bonds. The number of rotatable bonds is 15. The van der Waals surface area contributed by atoms with Crippen molar-refractivity contribution in [3.63, 3.8) is 0 Å². The molecule has 0 spiro atoms. The minimum Gasteiger partial charge on any atom is -0.493 e. The Labute approximate surface area is 231 Å². The first-order valence-electron chi connectivity index (χ1n) is 13.1. The van der Waals surface area contributed by atoms with Crippen molar-refractivity contribution < 1.29 is 33.3 Å². The Morgan fingerprint density at radius 3 is 1.31 bits per heavy atom. The summed E-state index contributed by atoms with van der Waals surface area (Å²) in [7, 11) is 6.82. The number of ether oxygens (including phenoxy) is 5. The van der Waals surface area contributed by atoms with E-state index in [1.165, 1.54) is 0 Å².